The fourth-order valence-electron chi connectivity index (χ4n) is 3.62. The number of aromatic nitrogens is 3. The summed E-state index contributed by atoms with van der Waals surface area (Å²) in [6.07, 6.45) is 1.80. The van der Waals surface area contributed by atoms with Crippen LogP contribution in [0.5, 0.6) is 5.88 Å². The van der Waals surface area contributed by atoms with Crippen molar-refractivity contribution in [2.24, 2.45) is 5.92 Å². The third kappa shape index (κ3) is 5.92. The Morgan fingerprint density at radius 2 is 2.00 bits per heavy atom. The number of aliphatic hydroxyl groups is 1. The van der Waals surface area contributed by atoms with E-state index in [-0.39, 0.29) is 12.5 Å². The Bertz CT molecular complexity index is 918. The number of ether oxygens (including phenoxy) is 2. The first kappa shape index (κ1) is 23.9. The van der Waals surface area contributed by atoms with Crippen molar-refractivity contribution in [3.63, 3.8) is 0 Å². The number of halogens is 3. The molecule has 2 aromatic rings. The van der Waals surface area contributed by atoms with Crippen molar-refractivity contribution in [1.82, 2.24) is 15.0 Å². The van der Waals surface area contributed by atoms with Gasteiger partial charge in [0.25, 0.3) is 0 Å². The molecular formula is C21H25F3N4O4. The fraction of sp³-hybridized carbons (Fsp3) is 0.524. The molecule has 2 aliphatic rings. The summed E-state index contributed by atoms with van der Waals surface area (Å²) in [5, 5.41) is 7.00. The van der Waals surface area contributed by atoms with E-state index in [1.165, 1.54) is 6.20 Å². The highest BCUT2D eigenvalue weighted by Gasteiger charge is 2.28. The van der Waals surface area contributed by atoms with Crippen LogP contribution in [-0.2, 0) is 22.6 Å². The van der Waals surface area contributed by atoms with Gasteiger partial charge < -0.3 is 24.3 Å². The second-order valence-electron chi connectivity index (χ2n) is 7.39. The number of aliphatic hydroxyl groups excluding tert-OH is 1. The van der Waals surface area contributed by atoms with Crippen LogP contribution in [0.1, 0.15) is 24.1 Å². The van der Waals surface area contributed by atoms with E-state index in [1.807, 2.05) is 11.0 Å². The molecule has 8 nitrogen and oxygen atoms in total. The van der Waals surface area contributed by atoms with E-state index in [0.29, 0.717) is 55.6 Å². The lowest BCUT2D eigenvalue weighted by atomic mass is 9.98. The number of anilines is 1. The van der Waals surface area contributed by atoms with Crippen LogP contribution in [0.25, 0.3) is 11.3 Å². The highest BCUT2D eigenvalue weighted by atomic mass is 19.4. The molecular weight excluding hydrogens is 429 g/mol. The van der Waals surface area contributed by atoms with Gasteiger partial charge in [0.2, 0.25) is 5.88 Å². The standard InChI is InChI=1S/C20H21F3N4O3.CH4O/c21-20(22,23)12-29-11-16-9-24-17(15-7-14-3-6-30-19(14)25-8-15)18(26-16)27-4-1-13(10-28)2-5-27;1-2/h7-10,13H,1-6,11-12H2;2H,1H3. The molecule has 1 N–H and O–H groups in total. The Balaban J connectivity index is 0.00000141. The number of alkyl halides is 3. The third-order valence-corrected chi connectivity index (χ3v) is 5.16. The Morgan fingerprint density at radius 3 is 2.69 bits per heavy atom. The highest BCUT2D eigenvalue weighted by molar-refractivity contribution is 5.73. The summed E-state index contributed by atoms with van der Waals surface area (Å²) in [6, 6.07) is 1.96. The zero-order chi connectivity index (χ0) is 23.1. The number of carbonyl (C=O) groups is 1. The average molecular weight is 454 g/mol. The molecule has 2 aliphatic heterocycles. The van der Waals surface area contributed by atoms with E-state index in [4.69, 9.17) is 14.6 Å². The van der Waals surface area contributed by atoms with Gasteiger partial charge in [-0.25, -0.2) is 9.97 Å². The zero-order valence-electron chi connectivity index (χ0n) is 17.6. The van der Waals surface area contributed by atoms with Crippen LogP contribution in [0.15, 0.2) is 18.5 Å². The smallest absolute Gasteiger partial charge is 0.411 e. The predicted octanol–water partition coefficient (Wildman–Crippen LogP) is 2.58. The number of rotatable bonds is 6. The van der Waals surface area contributed by atoms with E-state index in [1.54, 1.807) is 6.20 Å². The lowest BCUT2D eigenvalue weighted by molar-refractivity contribution is -0.176. The highest BCUT2D eigenvalue weighted by Crippen LogP contribution is 2.33. The summed E-state index contributed by atoms with van der Waals surface area (Å²) in [5.74, 6) is 1.18. The molecule has 1 fully saturated rings. The van der Waals surface area contributed by atoms with Gasteiger partial charge in [0.05, 0.1) is 25.1 Å². The molecule has 0 unspecified atom stereocenters. The van der Waals surface area contributed by atoms with Gasteiger partial charge in [0.15, 0.2) is 5.82 Å². The van der Waals surface area contributed by atoms with Gasteiger partial charge in [-0.3, -0.25) is 4.98 Å². The Labute approximate surface area is 183 Å². The second-order valence-corrected chi connectivity index (χ2v) is 7.39. The number of piperidine rings is 1. The molecule has 1 saturated heterocycles. The van der Waals surface area contributed by atoms with Gasteiger partial charge in [-0.1, -0.05) is 0 Å². The summed E-state index contributed by atoms with van der Waals surface area (Å²) in [7, 11) is 1.00. The lowest BCUT2D eigenvalue weighted by Gasteiger charge is -2.31. The van der Waals surface area contributed by atoms with Crippen molar-refractivity contribution in [3.8, 4) is 17.1 Å². The topological polar surface area (TPSA) is 97.7 Å². The number of nitrogens with zero attached hydrogens (tertiary/aromatic N) is 4. The SMILES string of the molecule is CO.O=CC1CCN(c2nc(COCC(F)(F)F)cnc2-c2cnc3c(c2)CCO3)CC1. The van der Waals surface area contributed by atoms with E-state index in [0.717, 1.165) is 30.9 Å². The van der Waals surface area contributed by atoms with Gasteiger partial charge in [-0.2, -0.15) is 13.2 Å². The Hall–Kier alpha value is -2.79. The van der Waals surface area contributed by atoms with Crippen molar-refractivity contribution < 1.29 is 32.5 Å². The van der Waals surface area contributed by atoms with E-state index >= 15 is 0 Å². The van der Waals surface area contributed by atoms with E-state index in [2.05, 4.69) is 15.0 Å². The van der Waals surface area contributed by atoms with Crippen molar-refractivity contribution in [3.05, 3.63) is 29.7 Å². The van der Waals surface area contributed by atoms with Crippen LogP contribution < -0.4 is 9.64 Å². The predicted molar refractivity (Wildman–Crippen MR) is 109 cm³/mol. The van der Waals surface area contributed by atoms with Crippen molar-refractivity contribution in [2.45, 2.75) is 32.0 Å². The lowest BCUT2D eigenvalue weighted by Crippen LogP contribution is -2.35. The van der Waals surface area contributed by atoms with Crippen LogP contribution in [0.2, 0.25) is 0 Å². The maximum absolute atomic E-state index is 12.4. The molecule has 0 bridgehead atoms. The molecule has 32 heavy (non-hydrogen) atoms. The van der Waals surface area contributed by atoms with Gasteiger partial charge >= 0.3 is 6.18 Å². The van der Waals surface area contributed by atoms with Crippen molar-refractivity contribution >= 4 is 12.1 Å². The van der Waals surface area contributed by atoms with Gasteiger partial charge in [-0.05, 0) is 18.9 Å². The minimum Gasteiger partial charge on any atom is -0.477 e. The number of fused-ring (bicyclic) bond motifs is 1. The maximum Gasteiger partial charge on any atom is 0.411 e. The Kier molecular flexibility index (Phi) is 7.97. The molecule has 11 heteroatoms. The largest absolute Gasteiger partial charge is 0.477 e. The van der Waals surface area contributed by atoms with Gasteiger partial charge in [0, 0.05) is 49.9 Å². The molecule has 0 spiro atoms. The first-order valence-electron chi connectivity index (χ1n) is 10.2. The first-order valence-corrected chi connectivity index (χ1v) is 10.2. The summed E-state index contributed by atoms with van der Waals surface area (Å²) >= 11 is 0. The van der Waals surface area contributed by atoms with Crippen LogP contribution in [0, 0.1) is 5.92 Å². The van der Waals surface area contributed by atoms with E-state index < -0.39 is 12.8 Å². The van der Waals surface area contributed by atoms with Gasteiger partial charge in [0.1, 0.15) is 18.6 Å². The van der Waals surface area contributed by atoms with Crippen LogP contribution in [0.3, 0.4) is 0 Å². The summed E-state index contributed by atoms with van der Waals surface area (Å²) < 4.78 is 47.3. The van der Waals surface area contributed by atoms with Crippen LogP contribution in [0.4, 0.5) is 19.0 Å². The molecule has 0 aromatic carbocycles. The fourth-order valence-corrected chi connectivity index (χ4v) is 3.62. The second kappa shape index (κ2) is 10.7. The number of hydrogen-bond acceptors (Lipinski definition) is 8. The van der Waals surface area contributed by atoms with E-state index in [9.17, 15) is 18.0 Å². The quantitative estimate of drug-likeness (QED) is 0.666. The number of aldehydes is 1. The Morgan fingerprint density at radius 1 is 1.25 bits per heavy atom. The maximum atomic E-state index is 12.4. The van der Waals surface area contributed by atoms with Crippen molar-refractivity contribution in [1.29, 1.82) is 0 Å². The van der Waals surface area contributed by atoms with Crippen molar-refractivity contribution in [2.75, 3.05) is 38.3 Å². The van der Waals surface area contributed by atoms with Gasteiger partial charge in [-0.15, -0.1) is 0 Å². The molecule has 2 aromatic heterocycles. The average Bonchev–Trinajstić information content (AvgIpc) is 3.27. The normalized spacial score (nSPS) is 16.1. The molecule has 0 saturated carbocycles. The molecule has 0 atom stereocenters. The summed E-state index contributed by atoms with van der Waals surface area (Å²) in [5.41, 5.74) is 2.66. The monoisotopic (exact) mass is 454 g/mol. The van der Waals surface area contributed by atoms with Crippen LogP contribution in [-0.4, -0.2) is 65.9 Å². The number of hydrogen-bond donors (Lipinski definition) is 1. The molecule has 4 heterocycles. The molecule has 174 valence electrons. The molecule has 0 aliphatic carbocycles. The van der Waals surface area contributed by atoms with Crippen LogP contribution >= 0.6 is 0 Å². The first-order chi connectivity index (χ1) is 15.4. The zero-order valence-corrected chi connectivity index (χ0v) is 17.6. The molecule has 0 radical (unpaired) electrons. The molecule has 0 amide bonds. The third-order valence-electron chi connectivity index (χ3n) is 5.16. The molecule has 4 rings (SSSR count). The summed E-state index contributed by atoms with van der Waals surface area (Å²) in [4.78, 5) is 26.5. The minimum absolute atomic E-state index is 0.00905. The minimum atomic E-state index is -4.40. The number of pyridine rings is 1. The summed E-state index contributed by atoms with van der Waals surface area (Å²) in [6.45, 7) is 0.171. The number of carbonyl (C=O) groups excluding carboxylic acids is 1.